The molecule has 0 radical (unpaired) electrons. The Morgan fingerprint density at radius 3 is 2.77 bits per heavy atom. The summed E-state index contributed by atoms with van der Waals surface area (Å²) >= 11 is 0. The Kier molecular flexibility index (Phi) is 4.12. The number of H-pyrrole nitrogens is 1. The molecule has 1 aromatic heterocycles. The van der Waals surface area contributed by atoms with Gasteiger partial charge < -0.3 is 14.8 Å². The molecule has 6 nitrogen and oxygen atoms in total. The lowest BCUT2D eigenvalue weighted by Crippen LogP contribution is -2.39. The maximum Gasteiger partial charge on any atom is 0.257 e. The molecule has 1 atom stereocenters. The second-order valence-electron chi connectivity index (χ2n) is 4.69. The number of aromatic nitrogens is 2. The minimum atomic E-state index is -0.723. The first kappa shape index (κ1) is 14.6. The number of anilines is 1. The van der Waals surface area contributed by atoms with Crippen LogP contribution < -0.4 is 5.32 Å². The van der Waals surface area contributed by atoms with Crippen molar-refractivity contribution in [2.24, 2.45) is 0 Å². The van der Waals surface area contributed by atoms with Crippen LogP contribution >= 0.6 is 0 Å². The lowest BCUT2D eigenvalue weighted by Gasteiger charge is -2.21. The van der Waals surface area contributed by atoms with E-state index >= 15 is 0 Å². The highest BCUT2D eigenvalue weighted by Crippen LogP contribution is 2.25. The van der Waals surface area contributed by atoms with Gasteiger partial charge in [-0.25, -0.2) is 8.78 Å². The predicted octanol–water partition coefficient (Wildman–Crippen LogP) is 1.71. The van der Waals surface area contributed by atoms with Crippen molar-refractivity contribution in [2.75, 3.05) is 25.1 Å². The lowest BCUT2D eigenvalue weighted by atomic mass is 10.1. The SMILES string of the molecule is O=C(Nc1cc(-c2c(F)cccc2F)[nH]n1)[C@H]1COCCO1. The molecule has 1 aliphatic rings. The summed E-state index contributed by atoms with van der Waals surface area (Å²) < 4.78 is 37.8. The number of benzene rings is 1. The monoisotopic (exact) mass is 309 g/mol. The summed E-state index contributed by atoms with van der Waals surface area (Å²) in [5.74, 6) is -1.71. The predicted molar refractivity (Wildman–Crippen MR) is 73.1 cm³/mol. The Labute approximate surface area is 124 Å². The third-order valence-electron chi connectivity index (χ3n) is 3.17. The minimum Gasteiger partial charge on any atom is -0.376 e. The van der Waals surface area contributed by atoms with Crippen molar-refractivity contribution in [2.45, 2.75) is 6.10 Å². The summed E-state index contributed by atoms with van der Waals surface area (Å²) in [6.07, 6.45) is -0.723. The van der Waals surface area contributed by atoms with E-state index in [1.54, 1.807) is 0 Å². The minimum absolute atomic E-state index is 0.131. The highest BCUT2D eigenvalue weighted by Gasteiger charge is 2.23. The van der Waals surface area contributed by atoms with Crippen molar-refractivity contribution in [3.8, 4) is 11.3 Å². The average molecular weight is 309 g/mol. The van der Waals surface area contributed by atoms with Gasteiger partial charge in [-0.2, -0.15) is 5.10 Å². The number of nitrogens with zero attached hydrogens (tertiary/aromatic N) is 1. The third-order valence-corrected chi connectivity index (χ3v) is 3.17. The Morgan fingerprint density at radius 2 is 2.09 bits per heavy atom. The highest BCUT2D eigenvalue weighted by atomic mass is 19.1. The van der Waals surface area contributed by atoms with Crippen molar-refractivity contribution in [1.29, 1.82) is 0 Å². The van der Waals surface area contributed by atoms with E-state index in [9.17, 15) is 13.6 Å². The molecule has 1 amide bonds. The van der Waals surface area contributed by atoms with Crippen LogP contribution in [0.15, 0.2) is 24.3 Å². The molecule has 1 aliphatic heterocycles. The molecule has 1 saturated heterocycles. The zero-order valence-corrected chi connectivity index (χ0v) is 11.4. The Bertz CT molecular complexity index is 663. The van der Waals surface area contributed by atoms with Crippen LogP contribution in [0, 0.1) is 11.6 Å². The molecule has 1 fully saturated rings. The maximum absolute atomic E-state index is 13.7. The van der Waals surface area contributed by atoms with Gasteiger partial charge in [-0.05, 0) is 12.1 Å². The van der Waals surface area contributed by atoms with E-state index < -0.39 is 23.6 Å². The zero-order valence-electron chi connectivity index (χ0n) is 11.4. The molecule has 22 heavy (non-hydrogen) atoms. The molecule has 8 heteroatoms. The van der Waals surface area contributed by atoms with Crippen LogP contribution in [0.3, 0.4) is 0 Å². The first-order valence-electron chi connectivity index (χ1n) is 6.65. The van der Waals surface area contributed by atoms with Crippen molar-refractivity contribution >= 4 is 11.7 Å². The number of carbonyl (C=O) groups excluding carboxylic acids is 1. The maximum atomic E-state index is 13.7. The summed E-state index contributed by atoms with van der Waals surface area (Å²) in [4.78, 5) is 11.9. The number of halogens is 2. The summed E-state index contributed by atoms with van der Waals surface area (Å²) in [7, 11) is 0. The number of amides is 1. The normalized spacial score (nSPS) is 18.2. The second kappa shape index (κ2) is 6.20. The number of aromatic amines is 1. The third kappa shape index (κ3) is 2.97. The van der Waals surface area contributed by atoms with Crippen LogP contribution in [0.4, 0.5) is 14.6 Å². The van der Waals surface area contributed by atoms with E-state index in [0.717, 1.165) is 12.1 Å². The number of ether oxygens (including phenoxy) is 2. The fraction of sp³-hybridized carbons (Fsp3) is 0.286. The average Bonchev–Trinajstić information content (AvgIpc) is 2.96. The standard InChI is InChI=1S/C14H13F2N3O3/c15-8-2-1-3-9(16)13(8)10-6-12(19-18-10)17-14(20)11-7-21-4-5-22-11/h1-3,6,11H,4-5,7H2,(H2,17,18,19,20)/t11-/m1/s1. The largest absolute Gasteiger partial charge is 0.376 e. The van der Waals surface area contributed by atoms with E-state index in [1.807, 2.05) is 0 Å². The summed E-state index contributed by atoms with van der Waals surface area (Å²) in [5, 5.41) is 8.83. The van der Waals surface area contributed by atoms with Gasteiger partial charge in [0.05, 0.1) is 31.1 Å². The highest BCUT2D eigenvalue weighted by molar-refractivity contribution is 5.94. The van der Waals surface area contributed by atoms with Crippen molar-refractivity contribution in [3.05, 3.63) is 35.9 Å². The van der Waals surface area contributed by atoms with Crippen LogP contribution in [-0.4, -0.2) is 42.0 Å². The molecular weight excluding hydrogens is 296 g/mol. The number of hydrogen-bond donors (Lipinski definition) is 2. The Morgan fingerprint density at radius 1 is 1.32 bits per heavy atom. The van der Waals surface area contributed by atoms with Crippen molar-refractivity contribution in [1.82, 2.24) is 10.2 Å². The zero-order chi connectivity index (χ0) is 15.5. The molecule has 1 aromatic carbocycles. The number of hydrogen-bond acceptors (Lipinski definition) is 4. The van der Waals surface area contributed by atoms with Gasteiger partial charge in [0, 0.05) is 6.07 Å². The van der Waals surface area contributed by atoms with Gasteiger partial charge in [0.2, 0.25) is 0 Å². The number of nitrogens with one attached hydrogen (secondary N) is 2. The summed E-state index contributed by atoms with van der Waals surface area (Å²) in [6.45, 7) is 0.943. The van der Waals surface area contributed by atoms with Gasteiger partial charge in [-0.1, -0.05) is 6.07 Å². The van der Waals surface area contributed by atoms with Crippen molar-refractivity contribution in [3.63, 3.8) is 0 Å². The molecule has 2 heterocycles. The fourth-order valence-corrected chi connectivity index (χ4v) is 2.11. The smallest absolute Gasteiger partial charge is 0.257 e. The molecular formula is C14H13F2N3O3. The molecule has 0 saturated carbocycles. The number of carbonyl (C=O) groups is 1. The summed E-state index contributed by atoms with van der Waals surface area (Å²) in [6, 6.07) is 4.91. The topological polar surface area (TPSA) is 76.2 Å². The first-order valence-corrected chi connectivity index (χ1v) is 6.65. The lowest BCUT2D eigenvalue weighted by molar-refractivity contribution is -0.142. The molecule has 3 rings (SSSR count). The fourth-order valence-electron chi connectivity index (χ4n) is 2.11. The molecule has 0 unspecified atom stereocenters. The summed E-state index contributed by atoms with van der Waals surface area (Å²) in [5.41, 5.74) is -0.0977. The quantitative estimate of drug-likeness (QED) is 0.905. The van der Waals surface area contributed by atoms with E-state index in [0.29, 0.717) is 13.2 Å². The van der Waals surface area contributed by atoms with E-state index in [-0.39, 0.29) is 23.7 Å². The van der Waals surface area contributed by atoms with E-state index in [1.165, 1.54) is 12.1 Å². The first-order chi connectivity index (χ1) is 10.6. The molecule has 0 spiro atoms. The van der Waals surface area contributed by atoms with Crippen LogP contribution in [0.2, 0.25) is 0 Å². The van der Waals surface area contributed by atoms with Gasteiger partial charge in [-0.3, -0.25) is 9.89 Å². The number of rotatable bonds is 3. The Hall–Kier alpha value is -2.32. The van der Waals surface area contributed by atoms with Gasteiger partial charge in [0.25, 0.3) is 5.91 Å². The van der Waals surface area contributed by atoms with E-state index in [2.05, 4.69) is 15.5 Å². The van der Waals surface area contributed by atoms with Crippen LogP contribution in [0.5, 0.6) is 0 Å². The second-order valence-corrected chi connectivity index (χ2v) is 4.69. The molecule has 2 N–H and O–H groups in total. The molecule has 0 aliphatic carbocycles. The Balaban J connectivity index is 1.75. The van der Waals surface area contributed by atoms with Crippen LogP contribution in [-0.2, 0) is 14.3 Å². The van der Waals surface area contributed by atoms with Crippen LogP contribution in [0.1, 0.15) is 0 Å². The van der Waals surface area contributed by atoms with Crippen LogP contribution in [0.25, 0.3) is 11.3 Å². The molecule has 0 bridgehead atoms. The van der Waals surface area contributed by atoms with Gasteiger partial charge in [-0.15, -0.1) is 0 Å². The molecule has 2 aromatic rings. The van der Waals surface area contributed by atoms with Gasteiger partial charge >= 0.3 is 0 Å². The van der Waals surface area contributed by atoms with Gasteiger partial charge in [0.1, 0.15) is 11.6 Å². The van der Waals surface area contributed by atoms with E-state index in [4.69, 9.17) is 9.47 Å². The van der Waals surface area contributed by atoms with Crippen molar-refractivity contribution < 1.29 is 23.0 Å². The van der Waals surface area contributed by atoms with Gasteiger partial charge in [0.15, 0.2) is 11.9 Å². The molecule has 116 valence electrons.